The first-order valence-electron chi connectivity index (χ1n) is 14.5. The highest BCUT2D eigenvalue weighted by atomic mass is 32.2. The number of amides is 3. The van der Waals surface area contributed by atoms with Crippen molar-refractivity contribution in [1.29, 1.82) is 0 Å². The molecular formula is C33H35FN4O6S. The van der Waals surface area contributed by atoms with E-state index in [1.807, 2.05) is 43.3 Å². The first kappa shape index (κ1) is 31.9. The summed E-state index contributed by atoms with van der Waals surface area (Å²) < 4.78 is 47.8. The summed E-state index contributed by atoms with van der Waals surface area (Å²) in [5, 5.41) is 17.4. The van der Waals surface area contributed by atoms with Gasteiger partial charge in [-0.25, -0.2) is 17.6 Å². The number of anilines is 2. The van der Waals surface area contributed by atoms with Gasteiger partial charge in [0.2, 0.25) is 10.0 Å². The lowest BCUT2D eigenvalue weighted by Gasteiger charge is -2.38. The molecule has 0 saturated carbocycles. The van der Waals surface area contributed by atoms with E-state index in [2.05, 4.69) is 10.6 Å². The van der Waals surface area contributed by atoms with Crippen molar-refractivity contribution in [1.82, 2.24) is 9.21 Å². The molecule has 1 heterocycles. The number of halogens is 1. The van der Waals surface area contributed by atoms with E-state index >= 15 is 0 Å². The Kier molecular flexibility index (Phi) is 9.37. The molecule has 45 heavy (non-hydrogen) atoms. The van der Waals surface area contributed by atoms with Crippen LogP contribution in [0, 0.1) is 11.7 Å². The third-order valence-electron chi connectivity index (χ3n) is 7.94. The molecule has 0 radical (unpaired) electrons. The fourth-order valence-corrected chi connectivity index (χ4v) is 6.49. The fraction of sp³-hybridized carbons (Fsp3) is 0.273. The Morgan fingerprint density at radius 3 is 2.40 bits per heavy atom. The molecule has 0 fully saturated rings. The average molecular weight is 635 g/mol. The number of likely N-dealkylation sites (N-methyl/N-ethyl adjacent to an activating group) is 1. The number of nitrogens with one attached hydrogen (secondary N) is 2. The molecule has 12 heteroatoms. The number of fused-ring (bicyclic) bond motifs is 2. The average Bonchev–Trinajstić information content (AvgIpc) is 3.03. The van der Waals surface area contributed by atoms with Crippen LogP contribution in [-0.4, -0.2) is 73.6 Å². The number of sulfonamides is 1. The summed E-state index contributed by atoms with van der Waals surface area (Å²) in [6, 6.07) is 21.3. The number of para-hydroxylation sites is 1. The Morgan fingerprint density at radius 1 is 1.02 bits per heavy atom. The minimum absolute atomic E-state index is 0.0786. The molecule has 10 nitrogen and oxygen atoms in total. The number of carbonyl (C=O) groups is 2. The third-order valence-corrected chi connectivity index (χ3v) is 9.77. The van der Waals surface area contributed by atoms with Crippen molar-refractivity contribution in [3.8, 4) is 5.75 Å². The van der Waals surface area contributed by atoms with Gasteiger partial charge in [-0.3, -0.25) is 4.79 Å². The maximum atomic E-state index is 13.8. The van der Waals surface area contributed by atoms with E-state index in [-0.39, 0.29) is 41.6 Å². The minimum atomic E-state index is -4.02. The number of ether oxygens (including phenoxy) is 1. The molecule has 3 atom stereocenters. The Morgan fingerprint density at radius 2 is 1.67 bits per heavy atom. The normalized spacial score (nSPS) is 17.6. The molecule has 5 rings (SSSR count). The number of urea groups is 1. The molecule has 0 aliphatic carbocycles. The summed E-state index contributed by atoms with van der Waals surface area (Å²) in [6.07, 6.45) is -0.783. The predicted molar refractivity (Wildman–Crippen MR) is 170 cm³/mol. The predicted octanol–water partition coefficient (Wildman–Crippen LogP) is 5.16. The zero-order chi connectivity index (χ0) is 32.3. The molecule has 3 N–H and O–H groups in total. The van der Waals surface area contributed by atoms with Gasteiger partial charge in [0.1, 0.15) is 11.9 Å². The second-order valence-corrected chi connectivity index (χ2v) is 13.2. The molecule has 0 spiro atoms. The second-order valence-electron chi connectivity index (χ2n) is 11.2. The molecule has 0 bridgehead atoms. The zero-order valence-electron chi connectivity index (χ0n) is 25.1. The molecule has 0 aromatic heterocycles. The maximum Gasteiger partial charge on any atom is 0.323 e. The number of carbonyl (C=O) groups excluding carboxylic acids is 2. The van der Waals surface area contributed by atoms with Gasteiger partial charge >= 0.3 is 6.03 Å². The van der Waals surface area contributed by atoms with Crippen LogP contribution >= 0.6 is 0 Å². The highest BCUT2D eigenvalue weighted by Gasteiger charge is 2.36. The highest BCUT2D eigenvalue weighted by molar-refractivity contribution is 7.89. The van der Waals surface area contributed by atoms with Crippen molar-refractivity contribution in [2.45, 2.75) is 30.9 Å². The number of benzene rings is 4. The van der Waals surface area contributed by atoms with Crippen molar-refractivity contribution in [2.24, 2.45) is 5.92 Å². The molecule has 4 aromatic rings. The van der Waals surface area contributed by atoms with Crippen LogP contribution in [0.4, 0.5) is 20.6 Å². The summed E-state index contributed by atoms with van der Waals surface area (Å²) in [6.45, 7) is 3.30. The molecule has 3 amide bonds. The van der Waals surface area contributed by atoms with Crippen LogP contribution < -0.4 is 15.4 Å². The first-order valence-corrected chi connectivity index (χ1v) is 15.9. The van der Waals surface area contributed by atoms with Crippen molar-refractivity contribution in [2.75, 3.05) is 37.4 Å². The van der Waals surface area contributed by atoms with Crippen molar-refractivity contribution >= 4 is 44.1 Å². The summed E-state index contributed by atoms with van der Waals surface area (Å²) in [5.41, 5.74) is 0.945. The minimum Gasteiger partial charge on any atom is -0.486 e. The van der Waals surface area contributed by atoms with Gasteiger partial charge in [-0.2, -0.15) is 4.31 Å². The van der Waals surface area contributed by atoms with Crippen molar-refractivity contribution < 1.29 is 32.2 Å². The third kappa shape index (κ3) is 6.77. The van der Waals surface area contributed by atoms with Crippen LogP contribution in [0.1, 0.15) is 24.2 Å². The van der Waals surface area contributed by atoms with Crippen molar-refractivity contribution in [3.63, 3.8) is 0 Å². The highest BCUT2D eigenvalue weighted by Crippen LogP contribution is 2.35. The van der Waals surface area contributed by atoms with E-state index in [0.717, 1.165) is 27.2 Å². The van der Waals surface area contributed by atoms with Crippen LogP contribution in [0.2, 0.25) is 0 Å². The van der Waals surface area contributed by atoms with E-state index in [9.17, 15) is 27.5 Å². The summed E-state index contributed by atoms with van der Waals surface area (Å²) in [4.78, 5) is 28.5. The van der Waals surface area contributed by atoms with E-state index in [0.29, 0.717) is 5.69 Å². The quantitative estimate of drug-likeness (QED) is 0.246. The Labute approximate surface area is 261 Å². The fourth-order valence-electron chi connectivity index (χ4n) is 5.31. The topological polar surface area (TPSA) is 128 Å². The molecule has 0 saturated heterocycles. The van der Waals surface area contributed by atoms with E-state index in [4.69, 9.17) is 4.74 Å². The van der Waals surface area contributed by atoms with Crippen LogP contribution in [-0.2, 0) is 10.0 Å². The van der Waals surface area contributed by atoms with E-state index in [1.54, 1.807) is 31.2 Å². The molecule has 1 aliphatic heterocycles. The Balaban J connectivity index is 1.48. The van der Waals surface area contributed by atoms with Gasteiger partial charge in [-0.15, -0.1) is 0 Å². The summed E-state index contributed by atoms with van der Waals surface area (Å²) >= 11 is 0. The van der Waals surface area contributed by atoms with Gasteiger partial charge in [-0.05, 0) is 54.8 Å². The number of rotatable bonds is 8. The SMILES string of the molecule is C[C@H]1CN([C@@H](C)CO)C(=O)c2cccc(NC(=O)Nc3cccc4ccccc34)c2O[C@@H]1CN(C)S(=O)(=O)c1ccc(F)cc1. The summed E-state index contributed by atoms with van der Waals surface area (Å²) in [5.74, 6) is -1.28. The molecule has 1 aliphatic rings. The monoisotopic (exact) mass is 634 g/mol. The smallest absolute Gasteiger partial charge is 0.323 e. The number of aliphatic hydroxyl groups is 1. The molecule has 236 valence electrons. The van der Waals surface area contributed by atoms with Gasteiger partial charge in [0, 0.05) is 24.9 Å². The Bertz CT molecular complexity index is 1810. The van der Waals surface area contributed by atoms with Crippen LogP contribution in [0.25, 0.3) is 10.8 Å². The van der Waals surface area contributed by atoms with Crippen LogP contribution in [0.5, 0.6) is 5.75 Å². The number of hydrogen-bond acceptors (Lipinski definition) is 6. The standard InChI is InChI=1S/C33H35FN4O6S/c1-21-18-38(22(2)20-39)32(40)27-11-7-13-29(36-33(41)35-28-12-6-9-23-8-4-5-10-26(23)28)31(27)44-30(21)19-37(3)45(42,43)25-16-14-24(34)15-17-25/h4-17,21-22,30,39H,18-20H2,1-3H3,(H2,35,36,41)/t21-,22-,30+/m0/s1. The van der Waals surface area contributed by atoms with E-state index < -0.39 is 45.8 Å². The van der Waals surface area contributed by atoms with Gasteiger partial charge in [0.05, 0.1) is 41.0 Å². The van der Waals surface area contributed by atoms with Crippen molar-refractivity contribution in [3.05, 3.63) is 96.3 Å². The number of aliphatic hydroxyl groups excluding tert-OH is 1. The van der Waals surface area contributed by atoms with Gasteiger partial charge in [-0.1, -0.05) is 49.4 Å². The van der Waals surface area contributed by atoms with Gasteiger partial charge in [0.15, 0.2) is 5.75 Å². The lowest BCUT2D eigenvalue weighted by Crippen LogP contribution is -2.50. The maximum absolute atomic E-state index is 13.8. The molecule has 4 aromatic carbocycles. The number of hydrogen-bond donors (Lipinski definition) is 3. The van der Waals surface area contributed by atoms with Gasteiger partial charge in [0.25, 0.3) is 5.91 Å². The van der Waals surface area contributed by atoms with E-state index in [1.165, 1.54) is 24.1 Å². The lowest BCUT2D eigenvalue weighted by molar-refractivity contribution is 0.0389. The second kappa shape index (κ2) is 13.2. The zero-order valence-corrected chi connectivity index (χ0v) is 25.9. The molecular weight excluding hydrogens is 599 g/mol. The molecule has 0 unspecified atom stereocenters. The van der Waals surface area contributed by atoms with Crippen LogP contribution in [0.3, 0.4) is 0 Å². The summed E-state index contributed by atoms with van der Waals surface area (Å²) in [7, 11) is -2.62. The van der Waals surface area contributed by atoms with Crippen LogP contribution in [0.15, 0.2) is 89.8 Å². The Hall–Kier alpha value is -4.52. The number of nitrogens with zero attached hydrogens (tertiary/aromatic N) is 2. The first-order chi connectivity index (χ1) is 21.5. The largest absolute Gasteiger partial charge is 0.486 e. The lowest BCUT2D eigenvalue weighted by atomic mass is 9.99. The van der Waals surface area contributed by atoms with Gasteiger partial charge < -0.3 is 25.4 Å².